The van der Waals surface area contributed by atoms with Gasteiger partial charge in [0.2, 0.25) is 0 Å². The lowest BCUT2D eigenvalue weighted by Gasteiger charge is -2.39. The van der Waals surface area contributed by atoms with Gasteiger partial charge in [-0.1, -0.05) is 0 Å². The summed E-state index contributed by atoms with van der Waals surface area (Å²) in [5.41, 5.74) is -0.554. The standard InChI is InChI=1S/C12H23NO3/c1-5-15-11(14)12(13-9(2)3)6-7-16-10(4)8-12/h9-10,13H,5-8H2,1-4H3. The summed E-state index contributed by atoms with van der Waals surface area (Å²) in [6.45, 7) is 8.95. The summed E-state index contributed by atoms with van der Waals surface area (Å²) >= 11 is 0. The van der Waals surface area contributed by atoms with E-state index in [1.165, 1.54) is 0 Å². The van der Waals surface area contributed by atoms with Crippen molar-refractivity contribution in [3.63, 3.8) is 0 Å². The molecule has 4 heteroatoms. The Hall–Kier alpha value is -0.610. The third-order valence-electron chi connectivity index (χ3n) is 2.80. The second-order valence-corrected chi connectivity index (χ2v) is 4.74. The molecule has 2 unspecified atom stereocenters. The first-order valence-electron chi connectivity index (χ1n) is 6.06. The Morgan fingerprint density at radius 2 is 2.31 bits per heavy atom. The average molecular weight is 229 g/mol. The Labute approximate surface area is 97.7 Å². The van der Waals surface area contributed by atoms with Crippen molar-refractivity contribution < 1.29 is 14.3 Å². The molecule has 1 fully saturated rings. The van der Waals surface area contributed by atoms with Crippen LogP contribution in [0.2, 0.25) is 0 Å². The molecule has 2 atom stereocenters. The van der Waals surface area contributed by atoms with Crippen LogP contribution in [0.1, 0.15) is 40.5 Å². The molecule has 0 aliphatic carbocycles. The maximum atomic E-state index is 12.1. The van der Waals surface area contributed by atoms with Crippen molar-refractivity contribution >= 4 is 5.97 Å². The second kappa shape index (κ2) is 5.64. The van der Waals surface area contributed by atoms with Gasteiger partial charge in [0, 0.05) is 19.1 Å². The molecule has 0 radical (unpaired) electrons. The fourth-order valence-corrected chi connectivity index (χ4v) is 2.28. The van der Waals surface area contributed by atoms with Crippen molar-refractivity contribution in [3.05, 3.63) is 0 Å². The van der Waals surface area contributed by atoms with Crippen LogP contribution in [0.15, 0.2) is 0 Å². The van der Waals surface area contributed by atoms with Crippen molar-refractivity contribution in [1.82, 2.24) is 5.32 Å². The molecule has 1 N–H and O–H groups in total. The van der Waals surface area contributed by atoms with Gasteiger partial charge in [-0.25, -0.2) is 0 Å². The van der Waals surface area contributed by atoms with Gasteiger partial charge in [0.05, 0.1) is 12.7 Å². The molecule has 0 spiro atoms. The number of carbonyl (C=O) groups is 1. The zero-order valence-electron chi connectivity index (χ0n) is 10.7. The van der Waals surface area contributed by atoms with E-state index in [0.29, 0.717) is 26.1 Å². The van der Waals surface area contributed by atoms with Crippen LogP contribution < -0.4 is 5.32 Å². The molecular formula is C12H23NO3. The van der Waals surface area contributed by atoms with Gasteiger partial charge in [-0.2, -0.15) is 0 Å². The maximum absolute atomic E-state index is 12.1. The van der Waals surface area contributed by atoms with E-state index in [2.05, 4.69) is 5.32 Å². The zero-order valence-corrected chi connectivity index (χ0v) is 10.7. The van der Waals surface area contributed by atoms with Gasteiger partial charge in [-0.3, -0.25) is 10.1 Å². The number of carbonyl (C=O) groups excluding carboxylic acids is 1. The summed E-state index contributed by atoms with van der Waals surface area (Å²) < 4.78 is 10.7. The number of hydrogen-bond donors (Lipinski definition) is 1. The van der Waals surface area contributed by atoms with E-state index in [1.54, 1.807) is 0 Å². The molecule has 1 aliphatic heterocycles. The molecule has 94 valence electrons. The summed E-state index contributed by atoms with van der Waals surface area (Å²) in [6.07, 6.45) is 1.47. The molecule has 1 aliphatic rings. The van der Waals surface area contributed by atoms with E-state index in [4.69, 9.17) is 9.47 Å². The zero-order chi connectivity index (χ0) is 12.2. The summed E-state index contributed by atoms with van der Waals surface area (Å²) in [5, 5.41) is 3.36. The number of nitrogens with one attached hydrogen (secondary N) is 1. The van der Waals surface area contributed by atoms with Crippen LogP contribution in [0.25, 0.3) is 0 Å². The smallest absolute Gasteiger partial charge is 0.326 e. The molecule has 0 bridgehead atoms. The Morgan fingerprint density at radius 1 is 1.62 bits per heavy atom. The first-order valence-corrected chi connectivity index (χ1v) is 6.06. The van der Waals surface area contributed by atoms with Crippen LogP contribution in [0.3, 0.4) is 0 Å². The fraction of sp³-hybridized carbons (Fsp3) is 0.917. The molecule has 0 aromatic heterocycles. The highest BCUT2D eigenvalue weighted by atomic mass is 16.5. The lowest BCUT2D eigenvalue weighted by atomic mass is 9.86. The largest absolute Gasteiger partial charge is 0.465 e. The molecule has 1 saturated heterocycles. The van der Waals surface area contributed by atoms with Gasteiger partial charge in [0.25, 0.3) is 0 Å². The Bertz CT molecular complexity index is 238. The number of hydrogen-bond acceptors (Lipinski definition) is 4. The SMILES string of the molecule is CCOC(=O)C1(NC(C)C)CCOC(C)C1. The molecule has 0 aromatic carbocycles. The van der Waals surface area contributed by atoms with Crippen molar-refractivity contribution in [2.45, 2.75) is 58.2 Å². The van der Waals surface area contributed by atoms with Crippen LogP contribution >= 0.6 is 0 Å². The molecule has 0 saturated carbocycles. The number of rotatable bonds is 4. The lowest BCUT2D eigenvalue weighted by molar-refractivity contribution is -0.158. The van der Waals surface area contributed by atoms with Crippen molar-refractivity contribution in [2.75, 3.05) is 13.2 Å². The van der Waals surface area contributed by atoms with Crippen LogP contribution in [0.5, 0.6) is 0 Å². The Morgan fingerprint density at radius 3 is 2.81 bits per heavy atom. The molecule has 0 amide bonds. The van der Waals surface area contributed by atoms with Crippen LogP contribution in [-0.2, 0) is 14.3 Å². The van der Waals surface area contributed by atoms with E-state index in [-0.39, 0.29) is 18.1 Å². The second-order valence-electron chi connectivity index (χ2n) is 4.74. The Balaban J connectivity index is 2.78. The first kappa shape index (κ1) is 13.5. The molecule has 1 rings (SSSR count). The van der Waals surface area contributed by atoms with E-state index in [1.807, 2.05) is 27.7 Å². The van der Waals surface area contributed by atoms with Crippen LogP contribution in [0.4, 0.5) is 0 Å². The minimum atomic E-state index is -0.554. The highest BCUT2D eigenvalue weighted by Crippen LogP contribution is 2.27. The third kappa shape index (κ3) is 3.19. The van der Waals surface area contributed by atoms with Crippen molar-refractivity contribution in [1.29, 1.82) is 0 Å². The highest BCUT2D eigenvalue weighted by molar-refractivity contribution is 5.81. The van der Waals surface area contributed by atoms with E-state index in [0.717, 1.165) is 0 Å². The van der Waals surface area contributed by atoms with Crippen LogP contribution in [0, 0.1) is 0 Å². The predicted molar refractivity (Wildman–Crippen MR) is 62.3 cm³/mol. The average Bonchev–Trinajstić information content (AvgIpc) is 2.16. The molecule has 4 nitrogen and oxygen atoms in total. The van der Waals surface area contributed by atoms with Crippen LogP contribution in [-0.4, -0.2) is 36.9 Å². The highest BCUT2D eigenvalue weighted by Gasteiger charge is 2.43. The van der Waals surface area contributed by atoms with Gasteiger partial charge in [-0.05, 0) is 34.1 Å². The molecule has 0 aromatic rings. The minimum absolute atomic E-state index is 0.101. The van der Waals surface area contributed by atoms with Gasteiger partial charge >= 0.3 is 5.97 Å². The van der Waals surface area contributed by atoms with Crippen molar-refractivity contribution in [2.24, 2.45) is 0 Å². The monoisotopic (exact) mass is 229 g/mol. The van der Waals surface area contributed by atoms with Gasteiger partial charge in [-0.15, -0.1) is 0 Å². The van der Waals surface area contributed by atoms with Gasteiger partial charge < -0.3 is 9.47 Å². The summed E-state index contributed by atoms with van der Waals surface area (Å²) in [6, 6.07) is 0.259. The normalized spacial score (nSPS) is 30.4. The predicted octanol–water partition coefficient (Wildman–Crippen LogP) is 1.49. The summed E-state index contributed by atoms with van der Waals surface area (Å²) in [5.74, 6) is -0.140. The lowest BCUT2D eigenvalue weighted by Crippen LogP contribution is -2.59. The maximum Gasteiger partial charge on any atom is 0.326 e. The summed E-state index contributed by atoms with van der Waals surface area (Å²) in [4.78, 5) is 12.1. The summed E-state index contributed by atoms with van der Waals surface area (Å²) in [7, 11) is 0. The van der Waals surface area contributed by atoms with Gasteiger partial charge in [0.15, 0.2) is 0 Å². The Kier molecular flexibility index (Phi) is 4.74. The van der Waals surface area contributed by atoms with Gasteiger partial charge in [0.1, 0.15) is 5.54 Å². The van der Waals surface area contributed by atoms with E-state index < -0.39 is 5.54 Å². The topological polar surface area (TPSA) is 47.6 Å². The minimum Gasteiger partial charge on any atom is -0.465 e. The molecule has 1 heterocycles. The van der Waals surface area contributed by atoms with E-state index >= 15 is 0 Å². The van der Waals surface area contributed by atoms with Crippen molar-refractivity contribution in [3.8, 4) is 0 Å². The fourth-order valence-electron chi connectivity index (χ4n) is 2.28. The molecule has 16 heavy (non-hydrogen) atoms. The third-order valence-corrected chi connectivity index (χ3v) is 2.80. The number of ether oxygens (including phenoxy) is 2. The quantitative estimate of drug-likeness (QED) is 0.742. The molecular weight excluding hydrogens is 206 g/mol. The first-order chi connectivity index (χ1) is 7.50. The van der Waals surface area contributed by atoms with E-state index in [9.17, 15) is 4.79 Å². The number of esters is 1.